The van der Waals surface area contributed by atoms with Crippen LogP contribution in [0.5, 0.6) is 5.75 Å². The van der Waals surface area contributed by atoms with Crippen LogP contribution in [0.1, 0.15) is 102 Å². The van der Waals surface area contributed by atoms with Gasteiger partial charge in [-0.15, -0.1) is 0 Å². The molecule has 3 aliphatic rings. The maximum Gasteiger partial charge on any atom is 0.125 e. The molecule has 0 unspecified atom stereocenters. The van der Waals surface area contributed by atoms with Gasteiger partial charge in [0.25, 0.3) is 0 Å². The Bertz CT molecular complexity index is 842. The van der Waals surface area contributed by atoms with Crippen molar-refractivity contribution in [3.05, 3.63) is 53.1 Å². The molecule has 0 aromatic heterocycles. The minimum absolute atomic E-state index is 0.207. The Kier molecular flexibility index (Phi) is 6.52. The van der Waals surface area contributed by atoms with Crippen molar-refractivity contribution in [3.8, 4) is 16.9 Å². The number of unbranched alkanes of at least 4 members (excludes halogenated alkanes) is 2. The Balaban J connectivity index is 1.49. The lowest BCUT2D eigenvalue weighted by Gasteiger charge is -2.54. The fourth-order valence-corrected chi connectivity index (χ4v) is 6.38. The zero-order valence-corrected chi connectivity index (χ0v) is 20.5. The predicted octanol–water partition coefficient (Wildman–Crippen LogP) is 8.93. The third-order valence-electron chi connectivity index (χ3n) is 8.36. The molecule has 2 aromatic rings. The number of hydrogen-bond donors (Lipinski definition) is 0. The maximum absolute atomic E-state index is 6.04. The van der Waals surface area contributed by atoms with Crippen molar-refractivity contribution in [3.63, 3.8) is 0 Å². The Hall–Kier alpha value is -1.76. The summed E-state index contributed by atoms with van der Waals surface area (Å²) in [6, 6.07) is 14.2. The van der Waals surface area contributed by atoms with E-state index in [1.54, 1.807) is 5.56 Å². The number of benzene rings is 2. The van der Waals surface area contributed by atoms with Crippen molar-refractivity contribution in [1.82, 2.24) is 0 Å². The summed E-state index contributed by atoms with van der Waals surface area (Å²) in [5.74, 6) is 1.04. The quantitative estimate of drug-likeness (QED) is 0.389. The second-order valence-electron chi connectivity index (χ2n) is 10.9. The van der Waals surface area contributed by atoms with E-state index in [0.717, 1.165) is 5.75 Å². The summed E-state index contributed by atoms with van der Waals surface area (Å²) in [5.41, 5.74) is 7.81. The smallest absolute Gasteiger partial charge is 0.125 e. The molecule has 0 saturated heterocycles. The number of rotatable bonds is 8. The summed E-state index contributed by atoms with van der Waals surface area (Å²) < 4.78 is 6.04. The average Bonchev–Trinajstić information content (AvgIpc) is 2.77. The Morgan fingerprint density at radius 2 is 1.39 bits per heavy atom. The summed E-state index contributed by atoms with van der Waals surface area (Å²) in [7, 11) is 0. The molecule has 0 atom stereocenters. The first-order valence-electron chi connectivity index (χ1n) is 12.8. The second-order valence-corrected chi connectivity index (χ2v) is 10.9. The van der Waals surface area contributed by atoms with E-state index in [1.807, 2.05) is 0 Å². The monoisotopic (exact) mass is 418 g/mol. The summed E-state index contributed by atoms with van der Waals surface area (Å²) in [6.45, 7) is 10.8. The molecule has 3 aliphatic carbocycles. The van der Waals surface area contributed by atoms with Crippen molar-refractivity contribution < 1.29 is 4.74 Å². The summed E-state index contributed by atoms with van der Waals surface area (Å²) >= 11 is 0. The molecule has 0 aliphatic heterocycles. The van der Waals surface area contributed by atoms with Crippen molar-refractivity contribution in [1.29, 1.82) is 0 Å². The van der Waals surface area contributed by atoms with E-state index in [0.29, 0.717) is 10.8 Å². The van der Waals surface area contributed by atoms with Crippen LogP contribution in [0, 0.1) is 19.3 Å². The first-order valence-corrected chi connectivity index (χ1v) is 12.8. The van der Waals surface area contributed by atoms with E-state index in [1.165, 1.54) is 86.5 Å². The van der Waals surface area contributed by atoms with Crippen LogP contribution in [-0.2, 0) is 5.41 Å². The lowest BCUT2D eigenvalue weighted by Crippen LogP contribution is -2.44. The highest BCUT2D eigenvalue weighted by molar-refractivity contribution is 5.68. The highest BCUT2D eigenvalue weighted by atomic mass is 16.5. The zero-order chi connectivity index (χ0) is 22.1. The Labute approximate surface area is 190 Å². The van der Waals surface area contributed by atoms with E-state index in [9.17, 15) is 0 Å². The SMILES string of the molecule is CCCCCC12CCC(c3ccc(-c4cc(C)c(OC(C)C)c(C)c4)cc3)(CC1)CC2. The number of hydrogen-bond acceptors (Lipinski definition) is 1. The van der Waals surface area contributed by atoms with E-state index >= 15 is 0 Å². The van der Waals surface area contributed by atoms with Gasteiger partial charge in [0.15, 0.2) is 0 Å². The summed E-state index contributed by atoms with van der Waals surface area (Å²) in [5, 5.41) is 0. The standard InChI is InChI=1S/C30H42O/c1-6-7-8-13-29-14-17-30(18-15-29,19-16-29)27-11-9-25(10-12-27)26-20-23(4)28(24(5)21-26)31-22(2)3/h9-12,20-22H,6-8,13-19H2,1-5H3. The summed E-state index contributed by atoms with van der Waals surface area (Å²) in [6.07, 6.45) is 14.4. The van der Waals surface area contributed by atoms with Gasteiger partial charge in [-0.2, -0.15) is 0 Å². The van der Waals surface area contributed by atoms with Crippen molar-refractivity contribution in [2.45, 2.75) is 110 Å². The van der Waals surface area contributed by atoms with Gasteiger partial charge in [-0.25, -0.2) is 0 Å². The van der Waals surface area contributed by atoms with Gasteiger partial charge in [0.1, 0.15) is 5.75 Å². The van der Waals surface area contributed by atoms with Gasteiger partial charge >= 0.3 is 0 Å². The van der Waals surface area contributed by atoms with Crippen LogP contribution in [0.25, 0.3) is 11.1 Å². The molecule has 0 radical (unpaired) electrons. The molecule has 3 saturated carbocycles. The average molecular weight is 419 g/mol. The third kappa shape index (κ3) is 4.57. The number of aryl methyl sites for hydroxylation is 2. The molecule has 1 heteroatoms. The molecular weight excluding hydrogens is 376 g/mol. The Morgan fingerprint density at radius 3 is 1.90 bits per heavy atom. The van der Waals surface area contributed by atoms with Crippen molar-refractivity contribution in [2.24, 2.45) is 5.41 Å². The van der Waals surface area contributed by atoms with E-state index in [-0.39, 0.29) is 6.10 Å². The van der Waals surface area contributed by atoms with Crippen LogP contribution in [0.4, 0.5) is 0 Å². The maximum atomic E-state index is 6.04. The normalized spacial score (nSPS) is 25.2. The Morgan fingerprint density at radius 1 is 0.806 bits per heavy atom. The number of ether oxygens (including phenoxy) is 1. The summed E-state index contributed by atoms with van der Waals surface area (Å²) in [4.78, 5) is 0. The van der Waals surface area contributed by atoms with Gasteiger partial charge in [-0.1, -0.05) is 50.5 Å². The molecule has 168 valence electrons. The second kappa shape index (κ2) is 9.00. The van der Waals surface area contributed by atoms with Gasteiger partial charge in [0.2, 0.25) is 0 Å². The highest BCUT2D eigenvalue weighted by Gasteiger charge is 2.48. The van der Waals surface area contributed by atoms with E-state index in [4.69, 9.17) is 4.74 Å². The minimum atomic E-state index is 0.207. The first-order chi connectivity index (χ1) is 14.9. The molecule has 0 N–H and O–H groups in total. The van der Waals surface area contributed by atoms with Gasteiger partial charge in [-0.3, -0.25) is 0 Å². The predicted molar refractivity (Wildman–Crippen MR) is 133 cm³/mol. The fourth-order valence-electron chi connectivity index (χ4n) is 6.38. The topological polar surface area (TPSA) is 9.23 Å². The van der Waals surface area contributed by atoms with Gasteiger partial charge in [0, 0.05) is 0 Å². The lowest BCUT2D eigenvalue weighted by atomic mass is 9.51. The van der Waals surface area contributed by atoms with E-state index in [2.05, 4.69) is 71.0 Å². The largest absolute Gasteiger partial charge is 0.490 e. The third-order valence-corrected chi connectivity index (χ3v) is 8.36. The van der Waals surface area contributed by atoms with Gasteiger partial charge in [-0.05, 0) is 123 Å². The van der Waals surface area contributed by atoms with Gasteiger partial charge < -0.3 is 4.74 Å². The number of fused-ring (bicyclic) bond motifs is 3. The molecule has 2 bridgehead atoms. The van der Waals surface area contributed by atoms with E-state index < -0.39 is 0 Å². The molecular formula is C30H42O. The van der Waals surface area contributed by atoms with Crippen LogP contribution < -0.4 is 4.74 Å². The molecule has 0 spiro atoms. The van der Waals surface area contributed by atoms with Crippen LogP contribution >= 0.6 is 0 Å². The van der Waals surface area contributed by atoms with Crippen molar-refractivity contribution >= 4 is 0 Å². The lowest BCUT2D eigenvalue weighted by molar-refractivity contribution is 0.0305. The molecule has 0 heterocycles. The molecule has 31 heavy (non-hydrogen) atoms. The highest BCUT2D eigenvalue weighted by Crippen LogP contribution is 2.59. The fraction of sp³-hybridized carbons (Fsp3) is 0.600. The molecule has 3 fully saturated rings. The molecule has 0 amide bonds. The zero-order valence-electron chi connectivity index (χ0n) is 20.5. The first kappa shape index (κ1) is 22.4. The molecule has 2 aromatic carbocycles. The van der Waals surface area contributed by atoms with Crippen LogP contribution in [0.3, 0.4) is 0 Å². The van der Waals surface area contributed by atoms with Crippen LogP contribution in [0.15, 0.2) is 36.4 Å². The molecule has 5 rings (SSSR count). The van der Waals surface area contributed by atoms with Gasteiger partial charge in [0.05, 0.1) is 6.10 Å². The molecule has 1 nitrogen and oxygen atoms in total. The van der Waals surface area contributed by atoms with Crippen LogP contribution in [-0.4, -0.2) is 6.10 Å². The van der Waals surface area contributed by atoms with Crippen molar-refractivity contribution in [2.75, 3.05) is 0 Å². The van der Waals surface area contributed by atoms with Crippen LogP contribution in [0.2, 0.25) is 0 Å². The minimum Gasteiger partial charge on any atom is -0.490 e.